The first-order valence-electron chi connectivity index (χ1n) is 5.70. The molecule has 0 atom stereocenters. The number of rotatable bonds is 2. The molecule has 0 aliphatic carbocycles. The van der Waals surface area contributed by atoms with Gasteiger partial charge in [-0.05, 0) is 37.5 Å². The summed E-state index contributed by atoms with van der Waals surface area (Å²) in [7, 11) is -3.28. The topological polar surface area (TPSA) is 69.4 Å². The molecule has 1 aromatic rings. The average molecular weight is 255 g/mol. The molecule has 17 heavy (non-hydrogen) atoms. The molecule has 0 spiro atoms. The summed E-state index contributed by atoms with van der Waals surface area (Å²) in [5.74, 6) is 0. The van der Waals surface area contributed by atoms with Gasteiger partial charge in [0.15, 0.2) is 9.84 Å². The fourth-order valence-corrected chi connectivity index (χ4v) is 4.09. The van der Waals surface area contributed by atoms with Gasteiger partial charge in [-0.1, -0.05) is 6.07 Å². The first kappa shape index (κ1) is 12.4. The molecule has 1 aliphatic rings. The molecule has 1 saturated heterocycles. The number of anilines is 1. The van der Waals surface area contributed by atoms with Crippen molar-refractivity contribution in [3.05, 3.63) is 23.8 Å². The molecule has 94 valence electrons. The Balaban J connectivity index is 2.40. The largest absolute Gasteiger partial charge is 0.398 e. The second-order valence-electron chi connectivity index (χ2n) is 4.33. The number of sulfone groups is 1. The van der Waals surface area contributed by atoms with Crippen molar-refractivity contribution in [3.8, 4) is 0 Å². The second-order valence-corrected chi connectivity index (χ2v) is 6.52. The van der Waals surface area contributed by atoms with Crippen molar-refractivity contribution >= 4 is 15.5 Å². The van der Waals surface area contributed by atoms with Gasteiger partial charge in [-0.25, -0.2) is 8.42 Å². The number of nitrogens with two attached hydrogens (primary N) is 1. The highest BCUT2D eigenvalue weighted by molar-refractivity contribution is 7.92. The highest BCUT2D eigenvalue weighted by atomic mass is 32.2. The summed E-state index contributed by atoms with van der Waals surface area (Å²) in [6, 6.07) is 5.05. The van der Waals surface area contributed by atoms with Crippen molar-refractivity contribution in [1.29, 1.82) is 0 Å². The van der Waals surface area contributed by atoms with Crippen molar-refractivity contribution in [1.82, 2.24) is 0 Å². The molecular formula is C12H17NO3S. The SMILES string of the molecule is Cc1c(N)cccc1S(=O)(=O)C1CCOCC1. The average Bonchev–Trinajstić information content (AvgIpc) is 2.33. The number of ether oxygens (including phenoxy) is 1. The van der Waals surface area contributed by atoms with E-state index < -0.39 is 9.84 Å². The lowest BCUT2D eigenvalue weighted by Crippen LogP contribution is -2.29. The van der Waals surface area contributed by atoms with E-state index in [4.69, 9.17) is 10.5 Å². The second kappa shape index (κ2) is 4.66. The third-order valence-electron chi connectivity index (χ3n) is 3.24. The van der Waals surface area contributed by atoms with Crippen LogP contribution in [-0.2, 0) is 14.6 Å². The zero-order chi connectivity index (χ0) is 12.5. The minimum absolute atomic E-state index is 0.336. The molecule has 5 heteroatoms. The first-order valence-corrected chi connectivity index (χ1v) is 7.25. The summed E-state index contributed by atoms with van der Waals surface area (Å²) >= 11 is 0. The molecule has 0 bridgehead atoms. The van der Waals surface area contributed by atoms with Gasteiger partial charge in [-0.3, -0.25) is 0 Å². The summed E-state index contributed by atoms with van der Waals surface area (Å²) in [5, 5.41) is -0.336. The monoisotopic (exact) mass is 255 g/mol. The molecule has 2 rings (SSSR count). The Labute approximate surface area is 102 Å². The summed E-state index contributed by atoms with van der Waals surface area (Å²) in [6.07, 6.45) is 1.13. The van der Waals surface area contributed by atoms with E-state index in [2.05, 4.69) is 0 Å². The van der Waals surface area contributed by atoms with E-state index in [1.165, 1.54) is 0 Å². The van der Waals surface area contributed by atoms with E-state index in [0.29, 0.717) is 42.2 Å². The third-order valence-corrected chi connectivity index (χ3v) is 5.64. The number of benzene rings is 1. The molecule has 1 aromatic carbocycles. The molecule has 1 heterocycles. The molecule has 1 aliphatic heterocycles. The van der Waals surface area contributed by atoms with E-state index in [0.717, 1.165) is 0 Å². The van der Waals surface area contributed by atoms with Crippen molar-refractivity contribution in [2.45, 2.75) is 29.9 Å². The smallest absolute Gasteiger partial charge is 0.181 e. The lowest BCUT2D eigenvalue weighted by molar-refractivity contribution is 0.0983. The lowest BCUT2D eigenvalue weighted by atomic mass is 10.2. The van der Waals surface area contributed by atoms with Crippen LogP contribution in [0.3, 0.4) is 0 Å². The predicted octanol–water partition coefficient (Wildman–Crippen LogP) is 1.53. The maximum absolute atomic E-state index is 12.4. The van der Waals surface area contributed by atoms with Gasteiger partial charge in [0, 0.05) is 18.9 Å². The van der Waals surface area contributed by atoms with Crippen LogP contribution in [0, 0.1) is 6.92 Å². The van der Waals surface area contributed by atoms with E-state index in [9.17, 15) is 8.42 Å². The Morgan fingerprint density at radius 1 is 1.29 bits per heavy atom. The van der Waals surface area contributed by atoms with Crippen LogP contribution in [0.25, 0.3) is 0 Å². The van der Waals surface area contributed by atoms with Gasteiger partial charge >= 0.3 is 0 Å². The van der Waals surface area contributed by atoms with Crippen molar-refractivity contribution in [3.63, 3.8) is 0 Å². The zero-order valence-corrected chi connectivity index (χ0v) is 10.7. The Morgan fingerprint density at radius 2 is 1.94 bits per heavy atom. The van der Waals surface area contributed by atoms with Gasteiger partial charge in [-0.15, -0.1) is 0 Å². The van der Waals surface area contributed by atoms with Gasteiger partial charge in [0.25, 0.3) is 0 Å². The summed E-state index contributed by atoms with van der Waals surface area (Å²) in [4.78, 5) is 0.365. The highest BCUT2D eigenvalue weighted by Gasteiger charge is 2.30. The van der Waals surface area contributed by atoms with Gasteiger partial charge in [-0.2, -0.15) is 0 Å². The summed E-state index contributed by atoms with van der Waals surface area (Å²) in [6.45, 7) is 2.79. The van der Waals surface area contributed by atoms with E-state index in [1.807, 2.05) is 0 Å². The Morgan fingerprint density at radius 3 is 2.59 bits per heavy atom. The van der Waals surface area contributed by atoms with Crippen molar-refractivity contribution < 1.29 is 13.2 Å². The molecule has 0 saturated carbocycles. The zero-order valence-electron chi connectivity index (χ0n) is 9.85. The number of nitrogen functional groups attached to an aromatic ring is 1. The number of hydrogen-bond donors (Lipinski definition) is 1. The fourth-order valence-electron chi connectivity index (χ4n) is 2.11. The van der Waals surface area contributed by atoms with E-state index >= 15 is 0 Å². The fraction of sp³-hybridized carbons (Fsp3) is 0.500. The van der Waals surface area contributed by atoms with E-state index in [1.54, 1.807) is 25.1 Å². The van der Waals surface area contributed by atoms with Gasteiger partial charge in [0.2, 0.25) is 0 Å². The van der Waals surface area contributed by atoms with Crippen LogP contribution in [0.4, 0.5) is 5.69 Å². The quantitative estimate of drug-likeness (QED) is 0.814. The maximum atomic E-state index is 12.4. The van der Waals surface area contributed by atoms with Gasteiger partial charge in [0.05, 0.1) is 10.1 Å². The van der Waals surface area contributed by atoms with Crippen LogP contribution in [0.1, 0.15) is 18.4 Å². The maximum Gasteiger partial charge on any atom is 0.181 e. The normalized spacial score (nSPS) is 18.2. The van der Waals surface area contributed by atoms with Crippen LogP contribution in [0.2, 0.25) is 0 Å². The van der Waals surface area contributed by atoms with E-state index in [-0.39, 0.29) is 5.25 Å². The first-order chi connectivity index (χ1) is 8.03. The molecule has 4 nitrogen and oxygen atoms in total. The van der Waals surface area contributed by atoms with Gasteiger partial charge in [0.1, 0.15) is 0 Å². The molecule has 0 amide bonds. The van der Waals surface area contributed by atoms with Crippen molar-refractivity contribution in [2.75, 3.05) is 18.9 Å². The summed E-state index contributed by atoms with van der Waals surface area (Å²) < 4.78 is 30.1. The Kier molecular flexibility index (Phi) is 3.40. The van der Waals surface area contributed by atoms with Crippen molar-refractivity contribution in [2.24, 2.45) is 0 Å². The molecule has 1 fully saturated rings. The van der Waals surface area contributed by atoms with Crippen LogP contribution in [0.5, 0.6) is 0 Å². The molecule has 0 radical (unpaired) electrons. The highest BCUT2D eigenvalue weighted by Crippen LogP contribution is 2.28. The molecular weight excluding hydrogens is 238 g/mol. The van der Waals surface area contributed by atoms with Crippen LogP contribution >= 0.6 is 0 Å². The predicted molar refractivity (Wildman–Crippen MR) is 66.6 cm³/mol. The summed E-state index contributed by atoms with van der Waals surface area (Å²) in [5.41, 5.74) is 6.94. The molecule has 0 unspecified atom stereocenters. The molecule has 2 N–H and O–H groups in total. The Hall–Kier alpha value is -1.07. The van der Waals surface area contributed by atoms with Crippen LogP contribution in [-0.4, -0.2) is 26.9 Å². The van der Waals surface area contributed by atoms with Crippen LogP contribution in [0.15, 0.2) is 23.1 Å². The van der Waals surface area contributed by atoms with Crippen LogP contribution < -0.4 is 5.73 Å². The standard InChI is InChI=1S/C12H17NO3S/c1-9-11(13)3-2-4-12(9)17(14,15)10-5-7-16-8-6-10/h2-4,10H,5-8,13H2,1H3. The Bertz CT molecular complexity index is 504. The minimum Gasteiger partial charge on any atom is -0.398 e. The number of hydrogen-bond acceptors (Lipinski definition) is 4. The van der Waals surface area contributed by atoms with Gasteiger partial charge < -0.3 is 10.5 Å². The molecule has 0 aromatic heterocycles. The third kappa shape index (κ3) is 2.30. The lowest BCUT2D eigenvalue weighted by Gasteiger charge is -2.23. The minimum atomic E-state index is -3.28.